The lowest BCUT2D eigenvalue weighted by Crippen LogP contribution is -2.36. The second-order valence-electron chi connectivity index (χ2n) is 2.97. The highest BCUT2D eigenvalue weighted by Crippen LogP contribution is 1.90. The fraction of sp³-hybridized carbons (Fsp3) is 0.778. The van der Waals surface area contributed by atoms with Gasteiger partial charge in [0.05, 0.1) is 6.54 Å². The predicted octanol–water partition coefficient (Wildman–Crippen LogP) is 0.429. The number of carbonyl (C=O) groups excluding carboxylic acids is 2. The first-order chi connectivity index (χ1) is 6.16. The van der Waals surface area contributed by atoms with Crippen LogP contribution in [0.3, 0.4) is 0 Å². The van der Waals surface area contributed by atoms with Gasteiger partial charge >= 0.3 is 0 Å². The van der Waals surface area contributed by atoms with Crippen LogP contribution >= 0.6 is 0 Å². The largest absolute Gasteiger partial charge is 0.355 e. The molecule has 0 spiro atoms. The van der Waals surface area contributed by atoms with Crippen molar-refractivity contribution in [2.45, 2.75) is 33.1 Å². The van der Waals surface area contributed by atoms with E-state index in [1.165, 1.54) is 6.92 Å². The molecule has 0 aromatic rings. The van der Waals surface area contributed by atoms with Crippen LogP contribution in [0.5, 0.6) is 0 Å². The van der Waals surface area contributed by atoms with Crippen molar-refractivity contribution in [1.82, 2.24) is 10.6 Å². The van der Waals surface area contributed by atoms with E-state index in [1.54, 1.807) is 0 Å². The zero-order chi connectivity index (χ0) is 10.1. The summed E-state index contributed by atoms with van der Waals surface area (Å²) >= 11 is 0. The smallest absolute Gasteiger partial charge is 0.239 e. The van der Waals surface area contributed by atoms with Crippen LogP contribution in [0, 0.1) is 0 Å². The van der Waals surface area contributed by atoms with Crippen molar-refractivity contribution in [3.8, 4) is 0 Å². The molecule has 4 heteroatoms. The Morgan fingerprint density at radius 1 is 1.15 bits per heavy atom. The van der Waals surface area contributed by atoms with E-state index in [0.717, 1.165) is 19.3 Å². The maximum absolute atomic E-state index is 11.0. The predicted molar refractivity (Wildman–Crippen MR) is 51.2 cm³/mol. The minimum atomic E-state index is -0.177. The van der Waals surface area contributed by atoms with Crippen molar-refractivity contribution in [3.05, 3.63) is 0 Å². The third-order valence-corrected chi connectivity index (χ3v) is 1.60. The molecule has 0 aliphatic heterocycles. The molecule has 0 saturated heterocycles. The Bertz CT molecular complexity index is 169. The third kappa shape index (κ3) is 8.85. The zero-order valence-corrected chi connectivity index (χ0v) is 8.35. The Hall–Kier alpha value is -1.06. The molecular weight excluding hydrogens is 168 g/mol. The Labute approximate surface area is 79.1 Å². The summed E-state index contributed by atoms with van der Waals surface area (Å²) in [4.78, 5) is 21.4. The summed E-state index contributed by atoms with van der Waals surface area (Å²) in [6.07, 6.45) is 3.27. The molecule has 0 rings (SSSR count). The van der Waals surface area contributed by atoms with Gasteiger partial charge in [-0.1, -0.05) is 19.8 Å². The summed E-state index contributed by atoms with van der Waals surface area (Å²) in [6, 6.07) is 0. The zero-order valence-electron chi connectivity index (χ0n) is 8.35. The van der Waals surface area contributed by atoms with Gasteiger partial charge in [0.25, 0.3) is 0 Å². The molecule has 2 amide bonds. The van der Waals surface area contributed by atoms with E-state index in [0.29, 0.717) is 6.54 Å². The summed E-state index contributed by atoms with van der Waals surface area (Å²) in [7, 11) is 0. The molecule has 0 aromatic heterocycles. The molecule has 0 radical (unpaired) electrons. The SMILES string of the molecule is CCCCCNC(=O)CNC(C)=O. The van der Waals surface area contributed by atoms with Crippen LogP contribution < -0.4 is 10.6 Å². The first-order valence-electron chi connectivity index (χ1n) is 4.68. The van der Waals surface area contributed by atoms with Crippen molar-refractivity contribution in [3.63, 3.8) is 0 Å². The summed E-state index contributed by atoms with van der Waals surface area (Å²) in [6.45, 7) is 4.29. The Kier molecular flexibility index (Phi) is 6.96. The molecular formula is C9H18N2O2. The van der Waals surface area contributed by atoms with Crippen LogP contribution in [0.4, 0.5) is 0 Å². The second-order valence-corrected chi connectivity index (χ2v) is 2.97. The van der Waals surface area contributed by atoms with Crippen LogP contribution in [0.1, 0.15) is 33.1 Å². The number of carbonyl (C=O) groups is 2. The molecule has 0 atom stereocenters. The number of hydrogen-bond acceptors (Lipinski definition) is 2. The molecule has 76 valence electrons. The quantitative estimate of drug-likeness (QED) is 0.591. The molecule has 0 aromatic carbocycles. The number of amides is 2. The van der Waals surface area contributed by atoms with Gasteiger partial charge in [0.1, 0.15) is 0 Å². The van der Waals surface area contributed by atoms with Crippen LogP contribution in [-0.4, -0.2) is 24.9 Å². The van der Waals surface area contributed by atoms with Gasteiger partial charge in [0, 0.05) is 13.5 Å². The van der Waals surface area contributed by atoms with E-state index in [9.17, 15) is 9.59 Å². The number of hydrogen-bond donors (Lipinski definition) is 2. The van der Waals surface area contributed by atoms with E-state index in [1.807, 2.05) is 0 Å². The maximum Gasteiger partial charge on any atom is 0.239 e. The van der Waals surface area contributed by atoms with E-state index >= 15 is 0 Å². The van der Waals surface area contributed by atoms with Gasteiger partial charge in [-0.25, -0.2) is 0 Å². The van der Waals surface area contributed by atoms with Crippen molar-refractivity contribution in [2.24, 2.45) is 0 Å². The van der Waals surface area contributed by atoms with Gasteiger partial charge in [-0.2, -0.15) is 0 Å². The number of nitrogens with one attached hydrogen (secondary N) is 2. The van der Waals surface area contributed by atoms with Crippen molar-refractivity contribution in [2.75, 3.05) is 13.1 Å². The van der Waals surface area contributed by atoms with Crippen LogP contribution in [-0.2, 0) is 9.59 Å². The standard InChI is InChI=1S/C9H18N2O2/c1-3-4-5-6-10-9(13)7-11-8(2)12/h3-7H2,1-2H3,(H,10,13)(H,11,12). The molecule has 2 N–H and O–H groups in total. The molecule has 0 aliphatic rings. The Morgan fingerprint density at radius 2 is 1.85 bits per heavy atom. The lowest BCUT2D eigenvalue weighted by molar-refractivity contribution is -0.125. The average Bonchev–Trinajstić information content (AvgIpc) is 2.09. The lowest BCUT2D eigenvalue weighted by atomic mass is 10.2. The molecule has 0 fully saturated rings. The molecule has 4 nitrogen and oxygen atoms in total. The van der Waals surface area contributed by atoms with Crippen LogP contribution in [0.2, 0.25) is 0 Å². The minimum Gasteiger partial charge on any atom is -0.355 e. The number of unbranched alkanes of at least 4 members (excludes halogenated alkanes) is 2. The second kappa shape index (κ2) is 7.58. The highest BCUT2D eigenvalue weighted by atomic mass is 16.2. The lowest BCUT2D eigenvalue weighted by Gasteiger charge is -2.04. The van der Waals surface area contributed by atoms with E-state index < -0.39 is 0 Å². The monoisotopic (exact) mass is 186 g/mol. The average molecular weight is 186 g/mol. The van der Waals surface area contributed by atoms with Crippen molar-refractivity contribution in [1.29, 1.82) is 0 Å². The van der Waals surface area contributed by atoms with Gasteiger partial charge in [0.15, 0.2) is 0 Å². The maximum atomic E-state index is 11.0. The summed E-state index contributed by atoms with van der Waals surface area (Å²) < 4.78 is 0. The summed E-state index contributed by atoms with van der Waals surface area (Å²) in [5, 5.41) is 5.15. The molecule has 13 heavy (non-hydrogen) atoms. The molecule has 0 aliphatic carbocycles. The molecule has 0 saturated carbocycles. The fourth-order valence-electron chi connectivity index (χ4n) is 0.870. The topological polar surface area (TPSA) is 58.2 Å². The van der Waals surface area contributed by atoms with Gasteiger partial charge in [-0.3, -0.25) is 9.59 Å². The van der Waals surface area contributed by atoms with Gasteiger partial charge in [-0.15, -0.1) is 0 Å². The molecule has 0 heterocycles. The van der Waals surface area contributed by atoms with Crippen LogP contribution in [0.15, 0.2) is 0 Å². The van der Waals surface area contributed by atoms with Gasteiger partial charge < -0.3 is 10.6 Å². The number of rotatable bonds is 6. The van der Waals surface area contributed by atoms with E-state index in [-0.39, 0.29) is 18.4 Å². The molecule has 0 unspecified atom stereocenters. The summed E-state index contributed by atoms with van der Waals surface area (Å²) in [5.41, 5.74) is 0. The Morgan fingerprint density at radius 3 is 2.38 bits per heavy atom. The summed E-state index contributed by atoms with van der Waals surface area (Å²) in [5.74, 6) is -0.296. The van der Waals surface area contributed by atoms with Crippen LogP contribution in [0.25, 0.3) is 0 Å². The van der Waals surface area contributed by atoms with Gasteiger partial charge in [-0.05, 0) is 6.42 Å². The highest BCUT2D eigenvalue weighted by Gasteiger charge is 1.99. The van der Waals surface area contributed by atoms with Gasteiger partial charge in [0.2, 0.25) is 11.8 Å². The molecule has 0 bridgehead atoms. The normalized spacial score (nSPS) is 9.38. The van der Waals surface area contributed by atoms with E-state index in [4.69, 9.17) is 0 Å². The van der Waals surface area contributed by atoms with Crippen molar-refractivity contribution < 1.29 is 9.59 Å². The third-order valence-electron chi connectivity index (χ3n) is 1.60. The fourth-order valence-corrected chi connectivity index (χ4v) is 0.870. The minimum absolute atomic E-state index is 0.0848. The highest BCUT2D eigenvalue weighted by molar-refractivity contribution is 5.83. The Balaban J connectivity index is 3.25. The first-order valence-corrected chi connectivity index (χ1v) is 4.68. The van der Waals surface area contributed by atoms with E-state index in [2.05, 4.69) is 17.6 Å². The van der Waals surface area contributed by atoms with Crippen molar-refractivity contribution >= 4 is 11.8 Å². The first kappa shape index (κ1) is 11.9.